The van der Waals surface area contributed by atoms with Crippen molar-refractivity contribution in [2.45, 2.75) is 51.5 Å². The third-order valence-electron chi connectivity index (χ3n) is 8.00. The second-order valence-corrected chi connectivity index (χ2v) is 10.6. The lowest BCUT2D eigenvalue weighted by Gasteiger charge is -2.41. The molecule has 3 aliphatic heterocycles. The van der Waals surface area contributed by atoms with Gasteiger partial charge in [0.05, 0.1) is 5.41 Å². The Morgan fingerprint density at radius 1 is 0.923 bits per heavy atom. The topological polar surface area (TPSA) is 106 Å². The van der Waals surface area contributed by atoms with E-state index in [0.717, 1.165) is 36.1 Å². The zero-order valence-corrected chi connectivity index (χ0v) is 22.5. The summed E-state index contributed by atoms with van der Waals surface area (Å²) >= 11 is 0. The molecule has 5 rings (SSSR count). The first-order valence-corrected chi connectivity index (χ1v) is 13.9. The molecule has 0 radical (unpaired) electrons. The van der Waals surface area contributed by atoms with Crippen LogP contribution in [-0.4, -0.2) is 68.3 Å². The van der Waals surface area contributed by atoms with Crippen molar-refractivity contribution in [3.05, 3.63) is 48.0 Å². The Bertz CT molecular complexity index is 1210. The number of carbonyl (C=O) groups excluding carboxylic acids is 3. The van der Waals surface area contributed by atoms with Gasteiger partial charge in [0.15, 0.2) is 11.5 Å². The van der Waals surface area contributed by atoms with E-state index in [9.17, 15) is 14.4 Å². The number of fused-ring (bicyclic) bond motifs is 1. The summed E-state index contributed by atoms with van der Waals surface area (Å²) in [6, 6.07) is 12.7. The molecule has 2 aromatic carbocycles. The Balaban J connectivity index is 1.27. The molecule has 3 heterocycles. The number of amides is 3. The monoisotopic (exact) mass is 535 g/mol. The standard InChI is InChI=1S/C30H37N3O6/c1-21-27(34)31-13-5-17-37-16-3-2-10-30(29(36)32-21)11-14-33(15-12-30)28(35)24-7-4-6-22(18-24)23-8-9-25-26(19-23)39-20-38-25/h4,6-9,18-19,21H,2-3,5,10-17,20H2,1H3,(H,31,34)(H,32,36)/t21-/m0/s1. The molecule has 9 nitrogen and oxygen atoms in total. The van der Waals surface area contributed by atoms with E-state index in [1.165, 1.54) is 0 Å². The van der Waals surface area contributed by atoms with Crippen LogP contribution in [0.3, 0.4) is 0 Å². The number of rotatable bonds is 2. The van der Waals surface area contributed by atoms with Crippen LogP contribution in [-0.2, 0) is 14.3 Å². The molecule has 3 aliphatic rings. The van der Waals surface area contributed by atoms with Gasteiger partial charge in [-0.1, -0.05) is 24.6 Å². The minimum absolute atomic E-state index is 0.0464. The second-order valence-electron chi connectivity index (χ2n) is 10.6. The second kappa shape index (κ2) is 12.1. The van der Waals surface area contributed by atoms with E-state index in [4.69, 9.17) is 14.2 Å². The summed E-state index contributed by atoms with van der Waals surface area (Å²) in [5, 5.41) is 5.83. The SMILES string of the molecule is C[C@@H]1NC(=O)C2(CCCCOCCCNC1=O)CCN(C(=O)c1cccc(-c3ccc4c(c3)OCO4)c1)CC2. The predicted octanol–water partition coefficient (Wildman–Crippen LogP) is 3.52. The maximum absolute atomic E-state index is 13.5. The van der Waals surface area contributed by atoms with E-state index < -0.39 is 11.5 Å². The minimum Gasteiger partial charge on any atom is -0.454 e. The molecule has 0 aromatic heterocycles. The van der Waals surface area contributed by atoms with Crippen molar-refractivity contribution >= 4 is 17.7 Å². The highest BCUT2D eigenvalue weighted by atomic mass is 16.7. The number of hydrogen-bond acceptors (Lipinski definition) is 6. The highest BCUT2D eigenvalue weighted by Crippen LogP contribution is 2.39. The van der Waals surface area contributed by atoms with Gasteiger partial charge in [-0.25, -0.2) is 0 Å². The summed E-state index contributed by atoms with van der Waals surface area (Å²) in [6.45, 7) is 4.68. The molecule has 0 unspecified atom stereocenters. The zero-order valence-electron chi connectivity index (χ0n) is 22.5. The van der Waals surface area contributed by atoms with Crippen molar-refractivity contribution < 1.29 is 28.6 Å². The Morgan fingerprint density at radius 2 is 1.69 bits per heavy atom. The molecule has 0 aliphatic carbocycles. The van der Waals surface area contributed by atoms with E-state index in [2.05, 4.69) is 10.6 Å². The summed E-state index contributed by atoms with van der Waals surface area (Å²) in [4.78, 5) is 41.3. The molecule has 2 fully saturated rings. The number of benzene rings is 2. The van der Waals surface area contributed by atoms with Crippen molar-refractivity contribution in [2.75, 3.05) is 39.6 Å². The number of piperidine rings is 1. The van der Waals surface area contributed by atoms with Crippen molar-refractivity contribution in [1.82, 2.24) is 15.5 Å². The highest BCUT2D eigenvalue weighted by Gasteiger charge is 2.42. The molecule has 2 aromatic rings. The fraction of sp³-hybridized carbons (Fsp3) is 0.500. The Labute approximate surface area is 229 Å². The molecule has 1 atom stereocenters. The van der Waals surface area contributed by atoms with Gasteiger partial charge in [0.1, 0.15) is 6.04 Å². The van der Waals surface area contributed by atoms with Gasteiger partial charge in [-0.2, -0.15) is 0 Å². The van der Waals surface area contributed by atoms with Gasteiger partial charge in [0.2, 0.25) is 18.6 Å². The van der Waals surface area contributed by atoms with Gasteiger partial charge in [-0.3, -0.25) is 14.4 Å². The third kappa shape index (κ3) is 6.19. The van der Waals surface area contributed by atoms with Gasteiger partial charge in [-0.15, -0.1) is 0 Å². The van der Waals surface area contributed by atoms with Crippen LogP contribution in [0.15, 0.2) is 42.5 Å². The zero-order chi connectivity index (χ0) is 27.2. The van der Waals surface area contributed by atoms with E-state index in [1.54, 1.807) is 6.92 Å². The quantitative estimate of drug-likeness (QED) is 0.610. The lowest BCUT2D eigenvalue weighted by Crippen LogP contribution is -2.54. The summed E-state index contributed by atoms with van der Waals surface area (Å²) in [7, 11) is 0. The Hall–Kier alpha value is -3.59. The van der Waals surface area contributed by atoms with Crippen LogP contribution >= 0.6 is 0 Å². The number of carbonyl (C=O) groups is 3. The van der Waals surface area contributed by atoms with Gasteiger partial charge < -0.3 is 29.7 Å². The van der Waals surface area contributed by atoms with Gasteiger partial charge in [0, 0.05) is 38.4 Å². The van der Waals surface area contributed by atoms with Crippen LogP contribution in [0.5, 0.6) is 11.5 Å². The molecule has 1 spiro atoms. The van der Waals surface area contributed by atoms with E-state index >= 15 is 0 Å². The normalized spacial score (nSPS) is 22.1. The number of likely N-dealkylation sites (tertiary alicyclic amines) is 1. The first-order chi connectivity index (χ1) is 18.9. The summed E-state index contributed by atoms with van der Waals surface area (Å²) in [5.41, 5.74) is 1.88. The molecule has 9 heteroatoms. The fourth-order valence-corrected chi connectivity index (χ4v) is 5.54. The van der Waals surface area contributed by atoms with E-state index in [0.29, 0.717) is 63.4 Å². The Morgan fingerprint density at radius 3 is 2.54 bits per heavy atom. The maximum Gasteiger partial charge on any atom is 0.253 e. The van der Waals surface area contributed by atoms with Gasteiger partial charge >= 0.3 is 0 Å². The first kappa shape index (κ1) is 27.0. The molecule has 2 saturated heterocycles. The van der Waals surface area contributed by atoms with Crippen LogP contribution in [0.4, 0.5) is 0 Å². The van der Waals surface area contributed by atoms with Crippen molar-refractivity contribution in [2.24, 2.45) is 5.41 Å². The average molecular weight is 536 g/mol. The molecule has 208 valence electrons. The van der Waals surface area contributed by atoms with Gasteiger partial charge in [-0.05, 0) is 74.4 Å². The molecule has 2 N–H and O–H groups in total. The van der Waals surface area contributed by atoms with Crippen LogP contribution in [0.1, 0.15) is 55.8 Å². The van der Waals surface area contributed by atoms with Gasteiger partial charge in [0.25, 0.3) is 5.91 Å². The summed E-state index contributed by atoms with van der Waals surface area (Å²) < 4.78 is 16.6. The molecular weight excluding hydrogens is 498 g/mol. The molecule has 3 amide bonds. The van der Waals surface area contributed by atoms with Crippen LogP contribution in [0.2, 0.25) is 0 Å². The third-order valence-corrected chi connectivity index (χ3v) is 8.00. The lowest BCUT2D eigenvalue weighted by atomic mass is 9.73. The predicted molar refractivity (Wildman–Crippen MR) is 145 cm³/mol. The van der Waals surface area contributed by atoms with Crippen molar-refractivity contribution in [3.63, 3.8) is 0 Å². The van der Waals surface area contributed by atoms with Crippen molar-refractivity contribution in [3.8, 4) is 22.6 Å². The lowest BCUT2D eigenvalue weighted by molar-refractivity contribution is -0.137. The molecule has 0 bridgehead atoms. The summed E-state index contributed by atoms with van der Waals surface area (Å²) in [6.07, 6.45) is 4.31. The van der Waals surface area contributed by atoms with E-state index in [-0.39, 0.29) is 24.5 Å². The number of nitrogens with zero attached hydrogens (tertiary/aromatic N) is 1. The molecule has 0 saturated carbocycles. The van der Waals surface area contributed by atoms with E-state index in [1.807, 2.05) is 47.4 Å². The number of nitrogens with one attached hydrogen (secondary N) is 2. The van der Waals surface area contributed by atoms with Crippen LogP contribution in [0.25, 0.3) is 11.1 Å². The number of ether oxygens (including phenoxy) is 3. The average Bonchev–Trinajstić information content (AvgIpc) is 3.44. The van der Waals surface area contributed by atoms with Crippen LogP contribution < -0.4 is 20.1 Å². The van der Waals surface area contributed by atoms with Crippen molar-refractivity contribution in [1.29, 1.82) is 0 Å². The minimum atomic E-state index is -0.614. The maximum atomic E-state index is 13.5. The first-order valence-electron chi connectivity index (χ1n) is 13.9. The highest BCUT2D eigenvalue weighted by molar-refractivity contribution is 5.96. The fourth-order valence-electron chi connectivity index (χ4n) is 5.54. The molecular formula is C30H37N3O6. The smallest absolute Gasteiger partial charge is 0.253 e. The number of hydrogen-bond donors (Lipinski definition) is 2. The molecule has 39 heavy (non-hydrogen) atoms. The largest absolute Gasteiger partial charge is 0.454 e. The summed E-state index contributed by atoms with van der Waals surface area (Å²) in [5.74, 6) is 1.09. The Kier molecular flexibility index (Phi) is 8.35. The van der Waals surface area contributed by atoms with Crippen LogP contribution in [0, 0.1) is 5.41 Å².